The Kier molecular flexibility index (Phi) is 20.9. The van der Waals surface area contributed by atoms with Gasteiger partial charge in [0.2, 0.25) is 0 Å². The van der Waals surface area contributed by atoms with E-state index in [4.69, 9.17) is 0 Å². The summed E-state index contributed by atoms with van der Waals surface area (Å²) < 4.78 is -0.545. The van der Waals surface area contributed by atoms with Gasteiger partial charge in [0.1, 0.15) is 6.04 Å². The molecule has 0 fully saturated rings. The molecule has 2 N–H and O–H groups in total. The Morgan fingerprint density at radius 1 is 0.605 bits per heavy atom. The summed E-state index contributed by atoms with van der Waals surface area (Å²) in [5, 5.41) is 30.9. The van der Waals surface area contributed by atoms with Crippen LogP contribution in [-0.4, -0.2) is 57.3 Å². The maximum absolute atomic E-state index is 11.8. The van der Waals surface area contributed by atoms with Crippen molar-refractivity contribution in [2.75, 3.05) is 6.54 Å². The van der Waals surface area contributed by atoms with E-state index in [2.05, 4.69) is 19.1 Å². The van der Waals surface area contributed by atoms with Crippen LogP contribution in [0, 0.1) is 0 Å². The average molecular weight is 540 g/mol. The fraction of sp³-hybridized carbons (Fsp3) is 0.839. The number of carboxylic acid groups (broad SMARTS) is 3. The first kappa shape index (κ1) is 36.1. The number of carbonyl (C=O) groups is 3. The van der Waals surface area contributed by atoms with Gasteiger partial charge < -0.3 is 20.1 Å². The van der Waals surface area contributed by atoms with Gasteiger partial charge in [0, 0.05) is 0 Å². The van der Waals surface area contributed by atoms with Crippen molar-refractivity contribution in [3.8, 4) is 0 Å². The Hall–Kier alpha value is -1.89. The first-order valence-corrected chi connectivity index (χ1v) is 15.3. The number of rotatable bonds is 26. The molecule has 0 radical (unpaired) electrons. The number of aliphatic carboxylic acids is 3. The zero-order valence-corrected chi connectivity index (χ0v) is 24.8. The van der Waals surface area contributed by atoms with Crippen LogP contribution in [0.25, 0.3) is 0 Å². The summed E-state index contributed by atoms with van der Waals surface area (Å²) in [5.74, 6) is -3.83. The highest BCUT2D eigenvalue weighted by Crippen LogP contribution is 2.27. The molecular formula is C31H57NO6. The molecule has 0 saturated carbocycles. The molecule has 0 aromatic heterocycles. The van der Waals surface area contributed by atoms with Crippen molar-refractivity contribution in [1.82, 2.24) is 0 Å². The molecule has 0 aromatic rings. The number of unbranched alkanes of at least 4 members (excludes halogenated alkanes) is 16. The predicted molar refractivity (Wildman–Crippen MR) is 152 cm³/mol. The molecule has 0 amide bonds. The molecule has 3 unspecified atom stereocenters. The van der Waals surface area contributed by atoms with Gasteiger partial charge in [-0.25, -0.2) is 9.59 Å². The number of nitrogens with zero attached hydrogens (tertiary/aromatic N) is 1. The van der Waals surface area contributed by atoms with Crippen LogP contribution < -0.4 is 5.11 Å². The van der Waals surface area contributed by atoms with Gasteiger partial charge >= 0.3 is 11.9 Å². The lowest BCUT2D eigenvalue weighted by molar-refractivity contribution is -0.969. The smallest absolute Gasteiger partial charge is 0.362 e. The van der Waals surface area contributed by atoms with E-state index in [1.165, 1.54) is 91.4 Å². The van der Waals surface area contributed by atoms with Gasteiger partial charge in [-0.1, -0.05) is 96.1 Å². The molecular weight excluding hydrogens is 482 g/mol. The zero-order valence-electron chi connectivity index (χ0n) is 24.8. The van der Waals surface area contributed by atoms with E-state index in [0.29, 0.717) is 6.42 Å². The molecule has 0 bridgehead atoms. The molecule has 0 spiro atoms. The summed E-state index contributed by atoms with van der Waals surface area (Å²) in [6.07, 6.45) is 26.2. The first-order chi connectivity index (χ1) is 18.1. The minimum absolute atomic E-state index is 0.178. The Morgan fingerprint density at radius 3 is 1.29 bits per heavy atom. The van der Waals surface area contributed by atoms with Gasteiger partial charge in [-0.15, -0.1) is 0 Å². The van der Waals surface area contributed by atoms with Crippen molar-refractivity contribution in [1.29, 1.82) is 0 Å². The quantitative estimate of drug-likeness (QED) is 0.0738. The van der Waals surface area contributed by atoms with Crippen molar-refractivity contribution >= 4 is 17.9 Å². The van der Waals surface area contributed by atoms with Crippen LogP contribution in [0.3, 0.4) is 0 Å². The molecule has 0 aliphatic rings. The van der Waals surface area contributed by atoms with Crippen molar-refractivity contribution in [3.05, 3.63) is 12.2 Å². The normalized spacial score (nSPS) is 15.7. The lowest BCUT2D eigenvalue weighted by Gasteiger charge is -2.49. The number of quaternary nitrogens is 1. The van der Waals surface area contributed by atoms with Gasteiger partial charge in [-0.05, 0) is 59.3 Å². The van der Waals surface area contributed by atoms with E-state index in [1.54, 1.807) is 0 Å². The summed E-state index contributed by atoms with van der Waals surface area (Å²) in [6.45, 7) is 6.59. The monoisotopic (exact) mass is 539 g/mol. The standard InChI is InChI=1S/C31H57NO6/c1-5-6-7-8-9-10-11-12-13-14-15-16-17-18-19-20-21-22-23-24-25-32(26(2)29(33)34,27(3)30(35)36)28(4)31(37)38/h16-17,26-28H,5-15,18-25H2,1-4H3,(H2-,33,34,35,36,37,38)/b17-16+. The predicted octanol–water partition coefficient (Wildman–Crippen LogP) is 6.49. The Labute approximate surface area is 232 Å². The zero-order chi connectivity index (χ0) is 28.8. The van der Waals surface area contributed by atoms with Gasteiger partial charge in [-0.3, -0.25) is 4.48 Å². The fourth-order valence-electron chi connectivity index (χ4n) is 5.53. The van der Waals surface area contributed by atoms with Crippen molar-refractivity contribution in [2.24, 2.45) is 0 Å². The van der Waals surface area contributed by atoms with Crippen LogP contribution >= 0.6 is 0 Å². The number of hydrogen-bond acceptors (Lipinski definition) is 4. The van der Waals surface area contributed by atoms with E-state index in [0.717, 1.165) is 38.5 Å². The third-order valence-electron chi connectivity index (χ3n) is 8.28. The molecule has 7 heteroatoms. The fourth-order valence-corrected chi connectivity index (χ4v) is 5.53. The van der Waals surface area contributed by atoms with E-state index in [-0.39, 0.29) is 6.54 Å². The minimum atomic E-state index is -1.42. The first-order valence-electron chi connectivity index (χ1n) is 15.3. The molecule has 38 heavy (non-hydrogen) atoms. The van der Waals surface area contributed by atoms with Gasteiger partial charge in [0.15, 0.2) is 12.1 Å². The SMILES string of the molecule is CCCCCCCCCCCC/C=C/CCCCCCCC[N+](C(C)C(=O)[O-])(C(C)C(=O)O)C(C)C(=O)O. The van der Waals surface area contributed by atoms with Crippen LogP contribution in [-0.2, 0) is 14.4 Å². The Morgan fingerprint density at radius 2 is 0.947 bits per heavy atom. The maximum Gasteiger partial charge on any atom is 0.362 e. The largest absolute Gasteiger partial charge is 0.544 e. The minimum Gasteiger partial charge on any atom is -0.544 e. The molecule has 0 aliphatic carbocycles. The highest BCUT2D eigenvalue weighted by molar-refractivity contribution is 5.76. The molecule has 0 aromatic carbocycles. The molecule has 3 atom stereocenters. The van der Waals surface area contributed by atoms with Gasteiger partial charge in [-0.2, -0.15) is 0 Å². The summed E-state index contributed by atoms with van der Waals surface area (Å²) in [4.78, 5) is 35.3. The molecule has 0 rings (SSSR count). The van der Waals surface area contributed by atoms with E-state index < -0.39 is 40.5 Å². The highest BCUT2D eigenvalue weighted by Gasteiger charge is 2.50. The van der Waals surface area contributed by atoms with Crippen LogP contribution in [0.4, 0.5) is 0 Å². The average Bonchev–Trinajstić information content (AvgIpc) is 2.88. The van der Waals surface area contributed by atoms with Crippen molar-refractivity contribution < 1.29 is 34.2 Å². The summed E-state index contributed by atoms with van der Waals surface area (Å²) in [6, 6.07) is -3.57. The third kappa shape index (κ3) is 14.3. The maximum atomic E-state index is 11.8. The Balaban J connectivity index is 4.12. The van der Waals surface area contributed by atoms with Crippen LogP contribution in [0.1, 0.15) is 143 Å². The highest BCUT2D eigenvalue weighted by atomic mass is 16.4. The number of carboxylic acids is 3. The van der Waals surface area contributed by atoms with Crippen LogP contribution in [0.5, 0.6) is 0 Å². The van der Waals surface area contributed by atoms with E-state index in [9.17, 15) is 29.7 Å². The number of allylic oxidation sites excluding steroid dienone is 2. The van der Waals surface area contributed by atoms with Crippen LogP contribution in [0.2, 0.25) is 0 Å². The van der Waals surface area contributed by atoms with E-state index in [1.807, 2.05) is 0 Å². The molecule has 0 aliphatic heterocycles. The second kappa shape index (κ2) is 22.0. The summed E-state index contributed by atoms with van der Waals surface area (Å²) in [7, 11) is 0. The van der Waals surface area contributed by atoms with Gasteiger partial charge in [0.05, 0.1) is 12.5 Å². The Bertz CT molecular complexity index is 627. The number of hydrogen-bond donors (Lipinski definition) is 2. The topological polar surface area (TPSA) is 115 Å². The third-order valence-corrected chi connectivity index (χ3v) is 8.28. The number of carbonyl (C=O) groups excluding carboxylic acids is 1. The molecule has 222 valence electrons. The van der Waals surface area contributed by atoms with Crippen molar-refractivity contribution in [3.63, 3.8) is 0 Å². The second-order valence-electron chi connectivity index (χ2n) is 11.1. The lowest BCUT2D eigenvalue weighted by Crippen LogP contribution is -2.72. The summed E-state index contributed by atoms with van der Waals surface area (Å²) in [5.41, 5.74) is 0. The molecule has 7 nitrogen and oxygen atoms in total. The molecule has 0 heterocycles. The second-order valence-corrected chi connectivity index (χ2v) is 11.1. The molecule has 0 saturated heterocycles. The van der Waals surface area contributed by atoms with Crippen LogP contribution in [0.15, 0.2) is 12.2 Å². The summed E-state index contributed by atoms with van der Waals surface area (Å²) >= 11 is 0. The van der Waals surface area contributed by atoms with E-state index >= 15 is 0 Å². The van der Waals surface area contributed by atoms with Gasteiger partial charge in [0.25, 0.3) is 0 Å². The van der Waals surface area contributed by atoms with Crippen molar-refractivity contribution in [2.45, 2.75) is 161 Å². The lowest BCUT2D eigenvalue weighted by atomic mass is 10.00.